The fourth-order valence-corrected chi connectivity index (χ4v) is 2.54. The van der Waals surface area contributed by atoms with Gasteiger partial charge in [0.25, 0.3) is 5.91 Å². The Labute approximate surface area is 183 Å². The van der Waals surface area contributed by atoms with E-state index in [0.29, 0.717) is 22.6 Å². The number of hydrogen-bond acceptors (Lipinski definition) is 7. The van der Waals surface area contributed by atoms with Gasteiger partial charge in [0.15, 0.2) is 0 Å². The molecule has 0 aliphatic rings. The smallest absolute Gasteiger partial charge is 0.305 e. The molecule has 0 atom stereocenters. The van der Waals surface area contributed by atoms with Gasteiger partial charge in [0.05, 0.1) is 29.7 Å². The Bertz CT molecular complexity index is 1210. The van der Waals surface area contributed by atoms with E-state index >= 15 is 0 Å². The van der Waals surface area contributed by atoms with Crippen molar-refractivity contribution in [2.24, 2.45) is 0 Å². The summed E-state index contributed by atoms with van der Waals surface area (Å²) in [6.07, 6.45) is -0.231. The molecule has 0 aliphatic carbocycles. The normalized spacial score (nSPS) is 9.81. The van der Waals surface area contributed by atoms with Gasteiger partial charge >= 0.3 is 5.97 Å². The van der Waals surface area contributed by atoms with Crippen LogP contribution < -0.4 is 14.8 Å². The average molecular weight is 428 g/mol. The molecular weight excluding hydrogens is 412 g/mol. The molecule has 3 aromatic rings. The van der Waals surface area contributed by atoms with E-state index in [-0.39, 0.29) is 30.3 Å². The molecule has 3 rings (SSSR count). The Hall–Kier alpha value is -4.89. The fourth-order valence-electron chi connectivity index (χ4n) is 2.54. The Morgan fingerprint density at radius 3 is 1.97 bits per heavy atom. The molecule has 32 heavy (non-hydrogen) atoms. The molecule has 9 heteroatoms. The first-order valence-electron chi connectivity index (χ1n) is 9.35. The van der Waals surface area contributed by atoms with Crippen molar-refractivity contribution in [3.05, 3.63) is 77.4 Å². The number of nitrogens with one attached hydrogen (secondary N) is 1. The second kappa shape index (κ2) is 10.2. The third-order valence-electron chi connectivity index (χ3n) is 4.11. The Kier molecular flexibility index (Phi) is 6.97. The largest absolute Gasteiger partial charge is 0.481 e. The maximum atomic E-state index is 12.5. The van der Waals surface area contributed by atoms with Crippen LogP contribution in [-0.2, 0) is 4.79 Å². The molecule has 9 nitrogen and oxygen atoms in total. The second-order valence-electron chi connectivity index (χ2n) is 6.38. The zero-order valence-electron chi connectivity index (χ0n) is 16.6. The standard InChI is InChI=1S/C23H16N4O5/c24-13-15-1-5-17(6-2-15)31-20-10-9-19(22(30)26-12-11-21(28)29)23(27-20)32-18-7-3-16(14-25)4-8-18/h1-10H,11-12H2,(H,26,30)(H,28,29). The second-order valence-corrected chi connectivity index (χ2v) is 6.38. The van der Waals surface area contributed by atoms with Crippen LogP contribution in [0.4, 0.5) is 0 Å². The molecule has 0 radical (unpaired) electrons. The summed E-state index contributed by atoms with van der Waals surface area (Å²) >= 11 is 0. The number of carbonyl (C=O) groups excluding carboxylic acids is 1. The molecule has 1 heterocycles. The van der Waals surface area contributed by atoms with Crippen LogP contribution >= 0.6 is 0 Å². The highest BCUT2D eigenvalue weighted by Gasteiger charge is 2.17. The van der Waals surface area contributed by atoms with E-state index in [1.807, 2.05) is 12.1 Å². The first kappa shape index (κ1) is 21.8. The summed E-state index contributed by atoms with van der Waals surface area (Å²) in [5.41, 5.74) is 0.991. The van der Waals surface area contributed by atoms with Gasteiger partial charge in [0.1, 0.15) is 17.1 Å². The minimum absolute atomic E-state index is 0.0614. The van der Waals surface area contributed by atoms with Crippen molar-refractivity contribution in [2.45, 2.75) is 6.42 Å². The van der Waals surface area contributed by atoms with E-state index in [4.69, 9.17) is 25.1 Å². The molecule has 0 saturated carbocycles. The van der Waals surface area contributed by atoms with E-state index < -0.39 is 11.9 Å². The van der Waals surface area contributed by atoms with E-state index in [1.165, 1.54) is 12.1 Å². The lowest BCUT2D eigenvalue weighted by molar-refractivity contribution is -0.136. The van der Waals surface area contributed by atoms with Crippen LogP contribution in [0.15, 0.2) is 60.7 Å². The highest BCUT2D eigenvalue weighted by Crippen LogP contribution is 2.28. The van der Waals surface area contributed by atoms with Crippen LogP contribution in [0, 0.1) is 22.7 Å². The summed E-state index contributed by atoms with van der Waals surface area (Å²) in [4.78, 5) is 27.5. The van der Waals surface area contributed by atoms with Crippen LogP contribution in [0.5, 0.6) is 23.3 Å². The maximum Gasteiger partial charge on any atom is 0.305 e. The Morgan fingerprint density at radius 1 is 0.875 bits per heavy atom. The Balaban J connectivity index is 1.87. The molecule has 0 spiro atoms. The lowest BCUT2D eigenvalue weighted by Crippen LogP contribution is -2.26. The molecule has 0 bridgehead atoms. The van der Waals surface area contributed by atoms with E-state index in [0.717, 1.165) is 0 Å². The number of nitrogens with zero attached hydrogens (tertiary/aromatic N) is 3. The van der Waals surface area contributed by atoms with Gasteiger partial charge in [-0.3, -0.25) is 9.59 Å². The number of amides is 1. The highest BCUT2D eigenvalue weighted by molar-refractivity contribution is 5.96. The van der Waals surface area contributed by atoms with Crippen LogP contribution in [0.2, 0.25) is 0 Å². The molecule has 2 aromatic carbocycles. The summed E-state index contributed by atoms with van der Waals surface area (Å²) in [7, 11) is 0. The quantitative estimate of drug-likeness (QED) is 0.553. The number of nitriles is 2. The van der Waals surface area contributed by atoms with E-state index in [9.17, 15) is 9.59 Å². The summed E-state index contributed by atoms with van der Waals surface area (Å²) < 4.78 is 11.4. The number of hydrogen-bond donors (Lipinski definition) is 2. The number of aromatic nitrogens is 1. The van der Waals surface area contributed by atoms with Gasteiger partial charge in [-0.05, 0) is 54.6 Å². The van der Waals surface area contributed by atoms with Crippen LogP contribution in [0.3, 0.4) is 0 Å². The third-order valence-corrected chi connectivity index (χ3v) is 4.11. The molecule has 1 amide bonds. The first-order valence-corrected chi connectivity index (χ1v) is 9.35. The molecule has 1 aromatic heterocycles. The minimum Gasteiger partial charge on any atom is -0.481 e. The lowest BCUT2D eigenvalue weighted by atomic mass is 10.2. The maximum absolute atomic E-state index is 12.5. The van der Waals surface area contributed by atoms with E-state index in [2.05, 4.69) is 10.3 Å². The molecule has 0 unspecified atom stereocenters. The van der Waals surface area contributed by atoms with Gasteiger partial charge in [-0.25, -0.2) is 0 Å². The minimum atomic E-state index is -1.04. The topological polar surface area (TPSA) is 145 Å². The van der Waals surface area contributed by atoms with Crippen molar-refractivity contribution in [3.63, 3.8) is 0 Å². The number of aliphatic carboxylic acids is 1. The van der Waals surface area contributed by atoms with Gasteiger partial charge in [-0.2, -0.15) is 15.5 Å². The number of carboxylic acids is 1. The van der Waals surface area contributed by atoms with Gasteiger partial charge < -0.3 is 19.9 Å². The van der Waals surface area contributed by atoms with Gasteiger partial charge in [0, 0.05) is 12.6 Å². The number of rotatable bonds is 8. The van der Waals surface area contributed by atoms with Gasteiger partial charge in [-0.1, -0.05) is 0 Å². The van der Waals surface area contributed by atoms with Crippen molar-refractivity contribution in [1.29, 1.82) is 10.5 Å². The summed E-state index contributed by atoms with van der Waals surface area (Å²) in [6.45, 7) is -0.0615. The number of carbonyl (C=O) groups is 2. The molecule has 0 aliphatic heterocycles. The number of benzene rings is 2. The average Bonchev–Trinajstić information content (AvgIpc) is 2.80. The van der Waals surface area contributed by atoms with Crippen LogP contribution in [0.25, 0.3) is 0 Å². The van der Waals surface area contributed by atoms with Crippen molar-refractivity contribution in [2.75, 3.05) is 6.54 Å². The van der Waals surface area contributed by atoms with Crippen molar-refractivity contribution < 1.29 is 24.2 Å². The Morgan fingerprint density at radius 2 is 1.44 bits per heavy atom. The first-order chi connectivity index (χ1) is 15.5. The summed E-state index contributed by atoms with van der Waals surface area (Å²) in [5.74, 6) is -0.754. The molecule has 0 saturated heterocycles. The number of ether oxygens (including phenoxy) is 2. The molecule has 2 N–H and O–H groups in total. The van der Waals surface area contributed by atoms with Crippen molar-refractivity contribution >= 4 is 11.9 Å². The highest BCUT2D eigenvalue weighted by atomic mass is 16.5. The zero-order chi connectivity index (χ0) is 22.9. The monoisotopic (exact) mass is 428 g/mol. The van der Waals surface area contributed by atoms with Crippen LogP contribution in [0.1, 0.15) is 27.9 Å². The number of pyridine rings is 1. The summed E-state index contributed by atoms with van der Waals surface area (Å²) in [6, 6.07) is 19.5. The van der Waals surface area contributed by atoms with Crippen molar-refractivity contribution in [3.8, 4) is 35.4 Å². The summed E-state index contributed by atoms with van der Waals surface area (Å²) in [5, 5.41) is 29.1. The lowest BCUT2D eigenvalue weighted by Gasteiger charge is -2.12. The van der Waals surface area contributed by atoms with Gasteiger partial charge in [0.2, 0.25) is 11.8 Å². The predicted molar refractivity (Wildman–Crippen MR) is 111 cm³/mol. The van der Waals surface area contributed by atoms with E-state index in [1.54, 1.807) is 48.5 Å². The SMILES string of the molecule is N#Cc1ccc(Oc2ccc(C(=O)NCCC(=O)O)c(Oc3ccc(C#N)cc3)n2)cc1. The fraction of sp³-hybridized carbons (Fsp3) is 0.0870. The van der Waals surface area contributed by atoms with Gasteiger partial charge in [-0.15, -0.1) is 0 Å². The van der Waals surface area contributed by atoms with Crippen LogP contribution in [-0.4, -0.2) is 28.5 Å². The van der Waals surface area contributed by atoms with Crippen molar-refractivity contribution in [1.82, 2.24) is 10.3 Å². The molecule has 158 valence electrons. The number of carboxylic acid groups (broad SMARTS) is 1. The zero-order valence-corrected chi connectivity index (χ0v) is 16.6. The molecular formula is C23H16N4O5. The third kappa shape index (κ3) is 5.81. The predicted octanol–water partition coefficient (Wildman–Crippen LogP) is 3.61. The molecule has 0 fully saturated rings.